The smallest absolute Gasteiger partial charge is 0.507 e. The molecule has 74 valence electrons. The summed E-state index contributed by atoms with van der Waals surface area (Å²) in [6, 6.07) is 3.57. The van der Waals surface area contributed by atoms with E-state index in [1.807, 2.05) is 0 Å². The summed E-state index contributed by atoms with van der Waals surface area (Å²) in [5.41, 5.74) is -0.425. The van der Waals surface area contributed by atoms with Crippen LogP contribution in [0.5, 0.6) is 5.75 Å². The first-order valence-corrected chi connectivity index (χ1v) is 3.85. The Morgan fingerprint density at radius 2 is 2.14 bits per heavy atom. The van der Waals surface area contributed by atoms with E-state index < -0.39 is 17.9 Å². The summed E-state index contributed by atoms with van der Waals surface area (Å²) in [6.45, 7) is 0. The maximum Gasteiger partial charge on any atom is 0.707 e. The Balaban J connectivity index is 3.08. The molecule has 0 amide bonds. The number of nitro groups is 1. The highest BCUT2D eigenvalue weighted by Gasteiger charge is 2.20. The van der Waals surface area contributed by atoms with Gasteiger partial charge in [-0.15, -0.1) is 0 Å². The molecule has 0 aliphatic carbocycles. The highest BCUT2D eigenvalue weighted by Crippen LogP contribution is 2.29. The number of rotatable bonds is 3. The minimum Gasteiger partial charge on any atom is -0.507 e. The van der Waals surface area contributed by atoms with Gasteiger partial charge in [-0.05, 0) is 12.1 Å². The zero-order chi connectivity index (χ0) is 10.7. The molecule has 0 heterocycles. The number of halogens is 1. The lowest BCUT2D eigenvalue weighted by Crippen LogP contribution is -2.21. The lowest BCUT2D eigenvalue weighted by molar-refractivity contribution is -0.385. The zero-order valence-corrected chi connectivity index (χ0v) is 7.51. The van der Waals surface area contributed by atoms with Gasteiger partial charge in [0.1, 0.15) is 0 Å². The standard InChI is InChI=1S/C6H5BClNO5/c8-4-1-2-6(14-7(10)11)5(3-4)9(12)13/h1-3,10-11H. The molecule has 0 radical (unpaired) electrons. The Morgan fingerprint density at radius 3 is 2.64 bits per heavy atom. The van der Waals surface area contributed by atoms with Crippen LogP contribution in [0, 0.1) is 10.1 Å². The Kier molecular flexibility index (Phi) is 3.29. The molecule has 1 aromatic carbocycles. The number of hydrogen-bond donors (Lipinski definition) is 2. The van der Waals surface area contributed by atoms with Crippen molar-refractivity contribution < 1.29 is 19.6 Å². The first-order valence-electron chi connectivity index (χ1n) is 3.47. The zero-order valence-electron chi connectivity index (χ0n) is 6.75. The number of nitrogens with zero attached hydrogens (tertiary/aromatic N) is 1. The topological polar surface area (TPSA) is 92.8 Å². The van der Waals surface area contributed by atoms with Crippen LogP contribution in [-0.4, -0.2) is 22.3 Å². The highest BCUT2D eigenvalue weighted by molar-refractivity contribution is 6.34. The van der Waals surface area contributed by atoms with Gasteiger partial charge in [0.05, 0.1) is 4.92 Å². The minimum atomic E-state index is -2.10. The SMILES string of the molecule is O=[N+]([O-])c1cc(Cl)ccc1OB(O)O. The molecule has 0 aliphatic rings. The molecular formula is C6H5BClNO5. The second-order valence-electron chi connectivity index (χ2n) is 2.31. The van der Waals surface area contributed by atoms with E-state index in [4.69, 9.17) is 21.6 Å². The van der Waals surface area contributed by atoms with E-state index in [9.17, 15) is 10.1 Å². The molecule has 2 N–H and O–H groups in total. The van der Waals surface area contributed by atoms with Crippen molar-refractivity contribution in [2.75, 3.05) is 0 Å². The Labute approximate surface area is 84.0 Å². The van der Waals surface area contributed by atoms with E-state index in [-0.39, 0.29) is 10.8 Å². The lowest BCUT2D eigenvalue weighted by atomic mass is 10.2. The summed E-state index contributed by atoms with van der Waals surface area (Å²) >= 11 is 5.51. The van der Waals surface area contributed by atoms with Crippen molar-refractivity contribution in [2.45, 2.75) is 0 Å². The van der Waals surface area contributed by atoms with E-state index in [1.165, 1.54) is 12.1 Å². The van der Waals surface area contributed by atoms with Gasteiger partial charge in [-0.1, -0.05) is 11.6 Å². The molecular weight excluding hydrogens is 212 g/mol. The molecule has 14 heavy (non-hydrogen) atoms. The molecule has 0 spiro atoms. The van der Waals surface area contributed by atoms with E-state index in [0.29, 0.717) is 0 Å². The number of hydrogen-bond acceptors (Lipinski definition) is 5. The van der Waals surface area contributed by atoms with Crippen molar-refractivity contribution in [2.24, 2.45) is 0 Å². The van der Waals surface area contributed by atoms with Crippen LogP contribution >= 0.6 is 11.6 Å². The average Bonchev–Trinajstić information content (AvgIpc) is 2.07. The summed E-state index contributed by atoms with van der Waals surface area (Å²) in [7, 11) is -2.10. The van der Waals surface area contributed by atoms with Gasteiger partial charge >= 0.3 is 13.0 Å². The second-order valence-corrected chi connectivity index (χ2v) is 2.75. The maximum atomic E-state index is 10.5. The van der Waals surface area contributed by atoms with Crippen molar-refractivity contribution in [3.8, 4) is 5.75 Å². The van der Waals surface area contributed by atoms with Crippen molar-refractivity contribution in [3.63, 3.8) is 0 Å². The fourth-order valence-electron chi connectivity index (χ4n) is 0.846. The molecule has 6 nitrogen and oxygen atoms in total. The fourth-order valence-corrected chi connectivity index (χ4v) is 1.01. The molecule has 0 aliphatic heterocycles. The fraction of sp³-hybridized carbons (Fsp3) is 0. The van der Waals surface area contributed by atoms with Gasteiger partial charge in [0.2, 0.25) is 0 Å². The quantitative estimate of drug-likeness (QED) is 0.439. The van der Waals surface area contributed by atoms with Crippen LogP contribution in [0.1, 0.15) is 0 Å². The average molecular weight is 217 g/mol. The van der Waals surface area contributed by atoms with Crippen molar-refractivity contribution in [1.29, 1.82) is 0 Å². The summed E-state index contributed by atoms with van der Waals surface area (Å²) in [5.74, 6) is -0.255. The second kappa shape index (κ2) is 4.27. The number of nitro benzene ring substituents is 1. The van der Waals surface area contributed by atoms with E-state index in [2.05, 4.69) is 4.65 Å². The third kappa shape index (κ3) is 2.59. The normalized spacial score (nSPS) is 9.64. The lowest BCUT2D eigenvalue weighted by Gasteiger charge is -2.04. The molecule has 0 bridgehead atoms. The Morgan fingerprint density at radius 1 is 1.50 bits per heavy atom. The monoisotopic (exact) mass is 217 g/mol. The first-order chi connectivity index (χ1) is 6.50. The maximum absolute atomic E-state index is 10.5. The first kappa shape index (κ1) is 10.8. The van der Waals surface area contributed by atoms with Gasteiger partial charge in [-0.25, -0.2) is 0 Å². The van der Waals surface area contributed by atoms with Crippen LogP contribution in [0.15, 0.2) is 18.2 Å². The van der Waals surface area contributed by atoms with Crippen LogP contribution in [0.4, 0.5) is 5.69 Å². The van der Waals surface area contributed by atoms with E-state index in [0.717, 1.165) is 6.07 Å². The van der Waals surface area contributed by atoms with Gasteiger partial charge in [-0.2, -0.15) is 0 Å². The van der Waals surface area contributed by atoms with Crippen molar-refractivity contribution >= 4 is 24.6 Å². The molecule has 0 aromatic heterocycles. The van der Waals surface area contributed by atoms with Gasteiger partial charge < -0.3 is 14.7 Å². The van der Waals surface area contributed by atoms with Crippen molar-refractivity contribution in [1.82, 2.24) is 0 Å². The van der Waals surface area contributed by atoms with Crippen LogP contribution < -0.4 is 4.65 Å². The molecule has 0 saturated carbocycles. The summed E-state index contributed by atoms with van der Waals surface area (Å²) in [5, 5.41) is 27.5. The molecule has 1 aromatic rings. The molecule has 0 fully saturated rings. The van der Waals surface area contributed by atoms with Crippen LogP contribution in [0.25, 0.3) is 0 Å². The summed E-state index contributed by atoms with van der Waals surface area (Å²) in [4.78, 5) is 9.73. The highest BCUT2D eigenvalue weighted by atomic mass is 35.5. The predicted octanol–water partition coefficient (Wildman–Crippen LogP) is 0.596. The summed E-state index contributed by atoms with van der Waals surface area (Å²) < 4.78 is 4.37. The Bertz CT molecular complexity index is 358. The van der Waals surface area contributed by atoms with Gasteiger partial charge in [0.25, 0.3) is 0 Å². The van der Waals surface area contributed by atoms with Crippen LogP contribution in [0.2, 0.25) is 5.02 Å². The van der Waals surface area contributed by atoms with Gasteiger partial charge in [-0.3, -0.25) is 10.1 Å². The molecule has 0 unspecified atom stereocenters. The van der Waals surface area contributed by atoms with Gasteiger partial charge in [0, 0.05) is 11.1 Å². The third-order valence-corrected chi connectivity index (χ3v) is 1.59. The largest absolute Gasteiger partial charge is 0.707 e. The van der Waals surface area contributed by atoms with Crippen LogP contribution in [-0.2, 0) is 0 Å². The predicted molar refractivity (Wildman–Crippen MR) is 48.9 cm³/mol. The summed E-state index contributed by atoms with van der Waals surface area (Å²) in [6.07, 6.45) is 0. The molecule has 0 atom stereocenters. The van der Waals surface area contributed by atoms with Gasteiger partial charge in [0.15, 0.2) is 5.75 Å². The molecule has 0 saturated heterocycles. The third-order valence-electron chi connectivity index (χ3n) is 1.35. The van der Waals surface area contributed by atoms with E-state index in [1.54, 1.807) is 0 Å². The Hall–Kier alpha value is -1.31. The minimum absolute atomic E-state index is 0.163. The molecule has 1 rings (SSSR count). The molecule has 8 heteroatoms. The van der Waals surface area contributed by atoms with Crippen molar-refractivity contribution in [3.05, 3.63) is 33.3 Å². The van der Waals surface area contributed by atoms with E-state index >= 15 is 0 Å². The van der Waals surface area contributed by atoms with Crippen LogP contribution in [0.3, 0.4) is 0 Å². The number of benzene rings is 1.